The van der Waals surface area contributed by atoms with Gasteiger partial charge in [-0.3, -0.25) is 15.0 Å². The lowest BCUT2D eigenvalue weighted by atomic mass is 10.0. The van der Waals surface area contributed by atoms with Gasteiger partial charge >= 0.3 is 0 Å². The third kappa shape index (κ3) is 3.70. The lowest BCUT2D eigenvalue weighted by Crippen LogP contribution is -2.50. The Bertz CT molecular complexity index is 713. The highest BCUT2D eigenvalue weighted by Gasteiger charge is 2.29. The van der Waals surface area contributed by atoms with Crippen LogP contribution in [0.4, 0.5) is 11.4 Å². The van der Waals surface area contributed by atoms with Crippen LogP contribution in [0.15, 0.2) is 18.2 Å². The molecule has 0 bridgehead atoms. The van der Waals surface area contributed by atoms with Gasteiger partial charge in [0, 0.05) is 49.5 Å². The van der Waals surface area contributed by atoms with E-state index in [0.717, 1.165) is 31.6 Å². The average Bonchev–Trinajstić information content (AvgIpc) is 2.54. The molecular weight excluding hydrogens is 330 g/mol. The standard InChI is InChI=1S/C16H23N3O4S/c1-13-12-15(2-3-16(13)19(20)21)17-6-4-14(5-7-17)18-8-10-24(22,23)11-9-18/h2-3,12,14H,4-11H2,1H3. The minimum Gasteiger partial charge on any atom is -0.371 e. The number of rotatable bonds is 3. The number of sulfone groups is 1. The van der Waals surface area contributed by atoms with Gasteiger partial charge in [-0.15, -0.1) is 0 Å². The Morgan fingerprint density at radius 1 is 1.12 bits per heavy atom. The fourth-order valence-electron chi connectivity index (χ4n) is 3.62. The van der Waals surface area contributed by atoms with Crippen molar-refractivity contribution < 1.29 is 13.3 Å². The highest BCUT2D eigenvalue weighted by molar-refractivity contribution is 7.91. The van der Waals surface area contributed by atoms with Crippen LogP contribution in [0, 0.1) is 17.0 Å². The molecule has 1 aromatic rings. The predicted molar refractivity (Wildman–Crippen MR) is 93.3 cm³/mol. The van der Waals surface area contributed by atoms with E-state index >= 15 is 0 Å². The molecule has 0 unspecified atom stereocenters. The van der Waals surface area contributed by atoms with Gasteiger partial charge in [0.1, 0.15) is 0 Å². The Balaban J connectivity index is 1.59. The fraction of sp³-hybridized carbons (Fsp3) is 0.625. The van der Waals surface area contributed by atoms with Gasteiger partial charge in [-0.25, -0.2) is 8.42 Å². The van der Waals surface area contributed by atoms with E-state index < -0.39 is 9.84 Å². The summed E-state index contributed by atoms with van der Waals surface area (Å²) in [6.45, 7) is 4.84. The molecule has 1 aromatic carbocycles. The van der Waals surface area contributed by atoms with Crippen LogP contribution >= 0.6 is 0 Å². The number of nitro benzene ring substituents is 1. The van der Waals surface area contributed by atoms with E-state index in [0.29, 0.717) is 24.7 Å². The minimum atomic E-state index is -2.83. The maximum atomic E-state index is 11.5. The second-order valence-electron chi connectivity index (χ2n) is 6.63. The van der Waals surface area contributed by atoms with E-state index in [4.69, 9.17) is 0 Å². The van der Waals surface area contributed by atoms with Crippen LogP contribution in [0.2, 0.25) is 0 Å². The van der Waals surface area contributed by atoms with Gasteiger partial charge in [0.2, 0.25) is 0 Å². The first-order chi connectivity index (χ1) is 11.4. The van der Waals surface area contributed by atoms with Gasteiger partial charge in [0.15, 0.2) is 9.84 Å². The summed E-state index contributed by atoms with van der Waals surface area (Å²) in [7, 11) is -2.83. The number of nitrogens with zero attached hydrogens (tertiary/aromatic N) is 3. The lowest BCUT2D eigenvalue weighted by molar-refractivity contribution is -0.385. The minimum absolute atomic E-state index is 0.156. The number of aryl methyl sites for hydroxylation is 1. The Morgan fingerprint density at radius 3 is 2.29 bits per heavy atom. The molecule has 0 aliphatic carbocycles. The summed E-state index contributed by atoms with van der Waals surface area (Å²) in [6, 6.07) is 5.72. The van der Waals surface area contributed by atoms with Crippen molar-refractivity contribution in [2.45, 2.75) is 25.8 Å². The van der Waals surface area contributed by atoms with Gasteiger partial charge in [0.05, 0.1) is 16.4 Å². The van der Waals surface area contributed by atoms with E-state index in [2.05, 4.69) is 9.80 Å². The molecular formula is C16H23N3O4S. The Morgan fingerprint density at radius 2 is 1.75 bits per heavy atom. The molecule has 2 aliphatic rings. The van der Waals surface area contributed by atoms with Crippen molar-refractivity contribution in [3.63, 3.8) is 0 Å². The summed E-state index contributed by atoms with van der Waals surface area (Å²) in [5, 5.41) is 10.9. The van der Waals surface area contributed by atoms with E-state index in [1.807, 2.05) is 12.1 Å². The summed E-state index contributed by atoms with van der Waals surface area (Å²) in [4.78, 5) is 15.1. The van der Waals surface area contributed by atoms with Crippen LogP contribution < -0.4 is 4.90 Å². The number of hydrogen-bond acceptors (Lipinski definition) is 6. The quantitative estimate of drug-likeness (QED) is 0.606. The first-order valence-corrected chi connectivity index (χ1v) is 10.1. The fourth-order valence-corrected chi connectivity index (χ4v) is 4.85. The van der Waals surface area contributed by atoms with E-state index in [1.165, 1.54) is 0 Å². The smallest absolute Gasteiger partial charge is 0.272 e. The normalized spacial score (nSPS) is 22.5. The predicted octanol–water partition coefficient (Wildman–Crippen LogP) is 1.60. The first kappa shape index (κ1) is 17.2. The van der Waals surface area contributed by atoms with Crippen molar-refractivity contribution in [3.8, 4) is 0 Å². The summed E-state index contributed by atoms with van der Waals surface area (Å²) in [6.07, 6.45) is 1.99. The van der Waals surface area contributed by atoms with Gasteiger partial charge in [-0.05, 0) is 31.9 Å². The molecule has 0 amide bonds. The molecule has 2 saturated heterocycles. The molecule has 7 nitrogen and oxygen atoms in total. The van der Waals surface area contributed by atoms with Gasteiger partial charge < -0.3 is 4.90 Å². The first-order valence-electron chi connectivity index (χ1n) is 8.30. The molecule has 0 spiro atoms. The summed E-state index contributed by atoms with van der Waals surface area (Å²) in [5.74, 6) is 0.545. The zero-order chi connectivity index (χ0) is 17.3. The third-order valence-corrected chi connectivity index (χ3v) is 6.71. The molecule has 24 heavy (non-hydrogen) atoms. The molecule has 2 aliphatic heterocycles. The zero-order valence-electron chi connectivity index (χ0n) is 13.8. The van der Waals surface area contributed by atoms with E-state index in [-0.39, 0.29) is 22.1 Å². The molecule has 0 N–H and O–H groups in total. The van der Waals surface area contributed by atoms with Crippen LogP contribution in [0.5, 0.6) is 0 Å². The average molecular weight is 353 g/mol. The van der Waals surface area contributed by atoms with E-state index in [9.17, 15) is 18.5 Å². The van der Waals surface area contributed by atoms with E-state index in [1.54, 1.807) is 13.0 Å². The maximum absolute atomic E-state index is 11.5. The molecule has 0 atom stereocenters. The Kier molecular flexibility index (Phi) is 4.78. The highest BCUT2D eigenvalue weighted by atomic mass is 32.2. The summed E-state index contributed by atoms with van der Waals surface area (Å²) in [5.41, 5.74) is 1.86. The monoisotopic (exact) mass is 353 g/mol. The van der Waals surface area contributed by atoms with Gasteiger partial charge in [0.25, 0.3) is 5.69 Å². The van der Waals surface area contributed by atoms with Crippen LogP contribution in [0.1, 0.15) is 18.4 Å². The maximum Gasteiger partial charge on any atom is 0.272 e. The molecule has 2 fully saturated rings. The second-order valence-corrected chi connectivity index (χ2v) is 8.94. The molecule has 0 saturated carbocycles. The molecule has 3 rings (SSSR count). The van der Waals surface area contributed by atoms with Gasteiger partial charge in [-0.2, -0.15) is 0 Å². The molecule has 8 heteroatoms. The zero-order valence-corrected chi connectivity index (χ0v) is 14.7. The Hall–Kier alpha value is -1.67. The van der Waals surface area contributed by atoms with Crippen molar-refractivity contribution >= 4 is 21.2 Å². The summed E-state index contributed by atoms with van der Waals surface area (Å²) < 4.78 is 23.1. The molecule has 2 heterocycles. The lowest BCUT2D eigenvalue weighted by Gasteiger charge is -2.40. The topological polar surface area (TPSA) is 83.8 Å². The molecule has 132 valence electrons. The third-order valence-electron chi connectivity index (χ3n) is 5.10. The van der Waals surface area contributed by atoms with Crippen molar-refractivity contribution in [1.82, 2.24) is 4.90 Å². The van der Waals surface area contributed by atoms with Crippen molar-refractivity contribution in [2.24, 2.45) is 0 Å². The number of benzene rings is 1. The van der Waals surface area contributed by atoms with Gasteiger partial charge in [-0.1, -0.05) is 0 Å². The largest absolute Gasteiger partial charge is 0.371 e. The highest BCUT2D eigenvalue weighted by Crippen LogP contribution is 2.27. The molecule has 0 aromatic heterocycles. The van der Waals surface area contributed by atoms with Crippen LogP contribution in [-0.2, 0) is 9.84 Å². The second kappa shape index (κ2) is 6.68. The number of piperidine rings is 1. The van der Waals surface area contributed by atoms with Crippen molar-refractivity contribution in [2.75, 3.05) is 42.6 Å². The number of anilines is 1. The van der Waals surface area contributed by atoms with Crippen LogP contribution in [0.3, 0.4) is 0 Å². The SMILES string of the molecule is Cc1cc(N2CCC(N3CCS(=O)(=O)CC3)CC2)ccc1[N+](=O)[O-]. The van der Waals surface area contributed by atoms with Crippen LogP contribution in [0.25, 0.3) is 0 Å². The molecule has 0 radical (unpaired) electrons. The number of nitro groups is 1. The summed E-state index contributed by atoms with van der Waals surface area (Å²) >= 11 is 0. The van der Waals surface area contributed by atoms with Crippen molar-refractivity contribution in [3.05, 3.63) is 33.9 Å². The van der Waals surface area contributed by atoms with Crippen molar-refractivity contribution in [1.29, 1.82) is 0 Å². The Labute approximate surface area is 142 Å². The van der Waals surface area contributed by atoms with Crippen LogP contribution in [-0.4, -0.2) is 62.0 Å². The number of hydrogen-bond donors (Lipinski definition) is 0.